The number of halogens is 4. The van der Waals surface area contributed by atoms with Crippen LogP contribution >= 0.6 is 46.4 Å². The first-order valence-electron chi connectivity index (χ1n) is 6.45. The van der Waals surface area contributed by atoms with Crippen molar-refractivity contribution in [3.05, 3.63) is 62.1 Å². The zero-order chi connectivity index (χ0) is 18.3. The van der Waals surface area contributed by atoms with E-state index in [-0.39, 0.29) is 0 Å². The Morgan fingerprint density at radius 3 is 2.12 bits per heavy atom. The second-order valence-corrected chi connectivity index (χ2v) is 6.04. The van der Waals surface area contributed by atoms with Crippen molar-refractivity contribution in [2.24, 2.45) is 0 Å². The molecule has 126 valence electrons. The van der Waals surface area contributed by atoms with Crippen LogP contribution in [-0.4, -0.2) is 17.2 Å². The molecule has 1 atom stereocenters. The number of benzene rings is 2. The van der Waals surface area contributed by atoms with Crippen molar-refractivity contribution >= 4 is 52.4 Å². The maximum Gasteiger partial charge on any atom is 0.344 e. The molecule has 0 aromatic heterocycles. The number of hydrogen-bond acceptors (Lipinski definition) is 3. The van der Waals surface area contributed by atoms with Gasteiger partial charge in [0.25, 0.3) is 0 Å². The summed E-state index contributed by atoms with van der Waals surface area (Å²) < 4.78 is 5.07. The smallest absolute Gasteiger partial charge is 0.344 e. The number of aliphatic carboxylic acids is 1. The molecule has 8 heteroatoms. The molecule has 0 heterocycles. The lowest BCUT2D eigenvalue weighted by Gasteiger charge is -2.11. The third-order valence-electron chi connectivity index (χ3n) is 2.62. The van der Waals surface area contributed by atoms with Crippen LogP contribution in [0.1, 0.15) is 12.5 Å². The Hall–Kier alpha value is -1.64. The van der Waals surface area contributed by atoms with Crippen molar-refractivity contribution in [3.63, 3.8) is 0 Å². The molecule has 1 unspecified atom stereocenters. The fraction of sp³-hybridized carbons (Fsp3) is 0.125. The minimum atomic E-state index is -1.05. The highest BCUT2D eigenvalue weighted by atomic mass is 35.5. The van der Waals surface area contributed by atoms with E-state index in [0.717, 1.165) is 0 Å². The molecule has 0 fully saturated rings. The van der Waals surface area contributed by atoms with Crippen LogP contribution in [-0.2, 0) is 4.79 Å². The number of carboxylic acid groups (broad SMARTS) is 1. The van der Waals surface area contributed by atoms with Gasteiger partial charge in [-0.15, -0.1) is 0 Å². The van der Waals surface area contributed by atoms with E-state index in [4.69, 9.17) is 61.5 Å². The summed E-state index contributed by atoms with van der Waals surface area (Å²) in [4.78, 5) is 10.5. The lowest BCUT2D eigenvalue weighted by Crippen LogP contribution is -2.22. The SMILES string of the molecule is CC(Oc1ccc(Cl)cc1Cl)C(=O)O.N#Cc1c(Cl)cccc1Cl. The summed E-state index contributed by atoms with van der Waals surface area (Å²) in [6.07, 6.45) is -0.936. The van der Waals surface area contributed by atoms with Crippen LogP contribution in [0.2, 0.25) is 20.1 Å². The van der Waals surface area contributed by atoms with Crippen LogP contribution in [0.25, 0.3) is 0 Å². The van der Waals surface area contributed by atoms with E-state index < -0.39 is 12.1 Å². The molecule has 0 amide bonds. The maximum atomic E-state index is 10.5. The van der Waals surface area contributed by atoms with Crippen LogP contribution < -0.4 is 4.74 Å². The molecule has 0 aliphatic heterocycles. The molecule has 0 saturated carbocycles. The van der Waals surface area contributed by atoms with E-state index in [9.17, 15) is 4.79 Å². The number of carboxylic acids is 1. The molecule has 2 rings (SSSR count). The van der Waals surface area contributed by atoms with E-state index in [1.807, 2.05) is 6.07 Å². The molecular weight excluding hydrogens is 396 g/mol. The van der Waals surface area contributed by atoms with E-state index >= 15 is 0 Å². The summed E-state index contributed by atoms with van der Waals surface area (Å²) in [6, 6.07) is 11.5. The van der Waals surface area contributed by atoms with Gasteiger partial charge in [-0.2, -0.15) is 5.26 Å². The van der Waals surface area contributed by atoms with E-state index in [0.29, 0.717) is 31.4 Å². The van der Waals surface area contributed by atoms with Gasteiger partial charge in [-0.25, -0.2) is 4.79 Å². The fourth-order valence-electron chi connectivity index (χ4n) is 1.42. The first-order valence-corrected chi connectivity index (χ1v) is 7.96. The second kappa shape index (κ2) is 9.61. The van der Waals surface area contributed by atoms with Gasteiger partial charge in [0, 0.05) is 5.02 Å². The molecular formula is C16H11Cl4NO3. The first-order chi connectivity index (χ1) is 11.3. The van der Waals surface area contributed by atoms with Gasteiger partial charge >= 0.3 is 5.97 Å². The summed E-state index contributed by atoms with van der Waals surface area (Å²) in [5, 5.41) is 18.6. The van der Waals surface area contributed by atoms with Gasteiger partial charge in [-0.3, -0.25) is 0 Å². The van der Waals surface area contributed by atoms with Crippen molar-refractivity contribution in [1.29, 1.82) is 5.26 Å². The van der Waals surface area contributed by atoms with Gasteiger partial charge in [0.05, 0.1) is 20.6 Å². The van der Waals surface area contributed by atoms with Gasteiger partial charge in [0.15, 0.2) is 6.10 Å². The van der Waals surface area contributed by atoms with Crippen LogP contribution in [0.3, 0.4) is 0 Å². The lowest BCUT2D eigenvalue weighted by molar-refractivity contribution is -0.144. The number of nitriles is 1. The van der Waals surface area contributed by atoms with E-state index in [1.165, 1.54) is 19.1 Å². The highest BCUT2D eigenvalue weighted by Gasteiger charge is 2.14. The summed E-state index contributed by atoms with van der Waals surface area (Å²) in [5.74, 6) is -0.734. The third kappa shape index (κ3) is 6.10. The van der Waals surface area contributed by atoms with Crippen molar-refractivity contribution in [3.8, 4) is 11.8 Å². The van der Waals surface area contributed by atoms with Crippen LogP contribution in [0.15, 0.2) is 36.4 Å². The normalized spacial score (nSPS) is 10.8. The summed E-state index contributed by atoms with van der Waals surface area (Å²) in [7, 11) is 0. The minimum Gasteiger partial charge on any atom is -0.479 e. The van der Waals surface area contributed by atoms with Crippen molar-refractivity contribution in [2.75, 3.05) is 0 Å². The van der Waals surface area contributed by atoms with E-state index in [1.54, 1.807) is 24.3 Å². The van der Waals surface area contributed by atoms with Gasteiger partial charge in [-0.1, -0.05) is 52.5 Å². The lowest BCUT2D eigenvalue weighted by atomic mass is 10.2. The molecule has 0 bridgehead atoms. The number of ether oxygens (including phenoxy) is 1. The fourth-order valence-corrected chi connectivity index (χ4v) is 2.35. The van der Waals surface area contributed by atoms with Crippen molar-refractivity contribution < 1.29 is 14.6 Å². The summed E-state index contributed by atoms with van der Waals surface area (Å²) in [5.41, 5.74) is 0.339. The Morgan fingerprint density at radius 1 is 1.12 bits per heavy atom. The third-order valence-corrected chi connectivity index (χ3v) is 3.78. The molecule has 0 aliphatic carbocycles. The van der Waals surface area contributed by atoms with Gasteiger partial charge in [0.2, 0.25) is 0 Å². The van der Waals surface area contributed by atoms with Crippen LogP contribution in [0.4, 0.5) is 0 Å². The average molecular weight is 407 g/mol. The van der Waals surface area contributed by atoms with E-state index in [2.05, 4.69) is 0 Å². The van der Waals surface area contributed by atoms with Gasteiger partial charge in [0.1, 0.15) is 11.8 Å². The first kappa shape index (κ1) is 20.4. The number of nitrogens with zero attached hydrogens (tertiary/aromatic N) is 1. The summed E-state index contributed by atoms with van der Waals surface area (Å²) in [6.45, 7) is 1.42. The molecule has 0 saturated heterocycles. The Balaban J connectivity index is 0.000000254. The predicted octanol–water partition coefficient (Wildman–Crippen LogP) is 5.71. The second-order valence-electron chi connectivity index (χ2n) is 4.38. The quantitative estimate of drug-likeness (QED) is 0.708. The Kier molecular flexibility index (Phi) is 8.17. The molecule has 1 N–H and O–H groups in total. The number of carbonyl (C=O) groups is 1. The van der Waals surface area contributed by atoms with Crippen LogP contribution in [0, 0.1) is 11.3 Å². The Morgan fingerprint density at radius 2 is 1.71 bits per heavy atom. The monoisotopic (exact) mass is 405 g/mol. The highest BCUT2D eigenvalue weighted by molar-refractivity contribution is 6.36. The maximum absolute atomic E-state index is 10.5. The predicted molar refractivity (Wildman–Crippen MR) is 95.4 cm³/mol. The molecule has 24 heavy (non-hydrogen) atoms. The van der Waals surface area contributed by atoms with Crippen molar-refractivity contribution in [1.82, 2.24) is 0 Å². The standard InChI is InChI=1S/C9H8Cl2O3.C7H3Cl2N/c1-5(9(12)13)14-8-3-2-6(10)4-7(8)11;8-6-2-1-3-7(9)5(6)4-10/h2-5H,1H3,(H,12,13);1-3H. The number of hydrogen-bond donors (Lipinski definition) is 1. The van der Waals surface area contributed by atoms with Crippen LogP contribution in [0.5, 0.6) is 5.75 Å². The molecule has 0 radical (unpaired) electrons. The Labute approximate surface area is 159 Å². The molecule has 2 aromatic carbocycles. The molecule has 4 nitrogen and oxygen atoms in total. The number of rotatable bonds is 3. The summed E-state index contributed by atoms with van der Waals surface area (Å²) >= 11 is 22.7. The average Bonchev–Trinajstić information content (AvgIpc) is 2.51. The van der Waals surface area contributed by atoms with Gasteiger partial charge in [-0.05, 0) is 37.3 Å². The largest absolute Gasteiger partial charge is 0.479 e. The van der Waals surface area contributed by atoms with Crippen molar-refractivity contribution in [2.45, 2.75) is 13.0 Å². The molecule has 0 spiro atoms. The zero-order valence-corrected chi connectivity index (χ0v) is 15.3. The highest BCUT2D eigenvalue weighted by Crippen LogP contribution is 2.28. The minimum absolute atomic E-state index is 0.297. The topological polar surface area (TPSA) is 70.3 Å². The zero-order valence-electron chi connectivity index (χ0n) is 12.3. The Bertz CT molecular complexity index is 754. The molecule has 0 aliphatic rings. The van der Waals surface area contributed by atoms with Gasteiger partial charge < -0.3 is 9.84 Å². The molecule has 2 aromatic rings.